The standard InChI is InChI=1S/C10H12O4/c1-7(10(11)12)14-9-5-3-8(13-2)4-6-9/h3-7H,1-2H3,(H,11,12)/t7-/m1/s1. The van der Waals surface area contributed by atoms with Crippen molar-refractivity contribution in [1.29, 1.82) is 0 Å². The molecular formula is C10H12O4. The SMILES string of the molecule is COc1ccc(O[C@H](C)C(=O)O)cc1. The average Bonchev–Trinajstić information content (AvgIpc) is 2.19. The second kappa shape index (κ2) is 4.50. The fourth-order valence-corrected chi connectivity index (χ4v) is 0.909. The van der Waals surface area contributed by atoms with Crippen LogP contribution in [0.2, 0.25) is 0 Å². The molecule has 0 heterocycles. The molecule has 0 saturated heterocycles. The summed E-state index contributed by atoms with van der Waals surface area (Å²) in [6, 6.07) is 6.75. The molecule has 0 radical (unpaired) electrons. The first kappa shape index (κ1) is 10.4. The zero-order valence-electron chi connectivity index (χ0n) is 8.06. The van der Waals surface area contributed by atoms with Crippen LogP contribution in [0.5, 0.6) is 11.5 Å². The third-order valence-corrected chi connectivity index (χ3v) is 1.72. The Morgan fingerprint density at radius 2 is 1.79 bits per heavy atom. The lowest BCUT2D eigenvalue weighted by Crippen LogP contribution is -2.22. The Balaban J connectivity index is 2.64. The molecule has 0 saturated carbocycles. The Kier molecular flexibility index (Phi) is 3.34. The maximum absolute atomic E-state index is 10.5. The molecule has 0 aliphatic carbocycles. The van der Waals surface area contributed by atoms with Gasteiger partial charge < -0.3 is 14.6 Å². The smallest absolute Gasteiger partial charge is 0.344 e. The van der Waals surface area contributed by atoms with E-state index in [1.54, 1.807) is 31.4 Å². The summed E-state index contributed by atoms with van der Waals surface area (Å²) in [7, 11) is 1.57. The third-order valence-electron chi connectivity index (χ3n) is 1.72. The number of benzene rings is 1. The Hall–Kier alpha value is -1.71. The highest BCUT2D eigenvalue weighted by molar-refractivity contribution is 5.72. The molecule has 0 fully saturated rings. The number of carboxylic acids is 1. The van der Waals surface area contributed by atoms with Crippen molar-refractivity contribution in [1.82, 2.24) is 0 Å². The van der Waals surface area contributed by atoms with Gasteiger partial charge in [-0.1, -0.05) is 0 Å². The molecule has 1 aromatic rings. The highest BCUT2D eigenvalue weighted by Gasteiger charge is 2.11. The lowest BCUT2D eigenvalue weighted by molar-refractivity contribution is -0.144. The van der Waals surface area contributed by atoms with Gasteiger partial charge in [0.2, 0.25) is 0 Å². The Morgan fingerprint density at radius 3 is 2.21 bits per heavy atom. The van der Waals surface area contributed by atoms with Crippen LogP contribution >= 0.6 is 0 Å². The van der Waals surface area contributed by atoms with Crippen molar-refractivity contribution in [2.75, 3.05) is 7.11 Å². The van der Waals surface area contributed by atoms with Crippen molar-refractivity contribution in [2.24, 2.45) is 0 Å². The van der Waals surface area contributed by atoms with Crippen molar-refractivity contribution < 1.29 is 19.4 Å². The molecule has 0 unspecified atom stereocenters. The topological polar surface area (TPSA) is 55.8 Å². The average molecular weight is 196 g/mol. The number of hydrogen-bond donors (Lipinski definition) is 1. The van der Waals surface area contributed by atoms with E-state index in [2.05, 4.69) is 0 Å². The Bertz CT molecular complexity index is 304. The lowest BCUT2D eigenvalue weighted by Gasteiger charge is -2.10. The predicted molar refractivity (Wildman–Crippen MR) is 50.7 cm³/mol. The number of hydrogen-bond acceptors (Lipinski definition) is 3. The van der Waals surface area contributed by atoms with E-state index in [1.807, 2.05) is 0 Å². The maximum Gasteiger partial charge on any atom is 0.344 e. The van der Waals surface area contributed by atoms with E-state index in [0.29, 0.717) is 11.5 Å². The van der Waals surface area contributed by atoms with Gasteiger partial charge in [-0.25, -0.2) is 4.79 Å². The lowest BCUT2D eigenvalue weighted by atomic mass is 10.3. The summed E-state index contributed by atoms with van der Waals surface area (Å²) in [5.41, 5.74) is 0. The fourth-order valence-electron chi connectivity index (χ4n) is 0.909. The number of aliphatic carboxylic acids is 1. The summed E-state index contributed by atoms with van der Waals surface area (Å²) >= 11 is 0. The van der Waals surface area contributed by atoms with Crippen molar-refractivity contribution in [3.8, 4) is 11.5 Å². The van der Waals surface area contributed by atoms with Gasteiger partial charge in [0.1, 0.15) is 11.5 Å². The van der Waals surface area contributed by atoms with Crippen molar-refractivity contribution >= 4 is 5.97 Å². The predicted octanol–water partition coefficient (Wildman–Crippen LogP) is 1.55. The molecule has 1 rings (SSSR count). The minimum atomic E-state index is -0.985. The summed E-state index contributed by atoms with van der Waals surface area (Å²) in [5.74, 6) is 0.238. The Morgan fingerprint density at radius 1 is 1.29 bits per heavy atom. The molecule has 4 heteroatoms. The van der Waals surface area contributed by atoms with Crippen molar-refractivity contribution in [3.05, 3.63) is 24.3 Å². The zero-order chi connectivity index (χ0) is 10.6. The van der Waals surface area contributed by atoms with Crippen LogP contribution in [0.25, 0.3) is 0 Å². The van der Waals surface area contributed by atoms with Gasteiger partial charge in [0.05, 0.1) is 7.11 Å². The molecule has 1 atom stereocenters. The van der Waals surface area contributed by atoms with Crippen LogP contribution in [0.3, 0.4) is 0 Å². The van der Waals surface area contributed by atoms with E-state index < -0.39 is 12.1 Å². The van der Waals surface area contributed by atoms with Crippen LogP contribution in [-0.2, 0) is 4.79 Å². The molecule has 14 heavy (non-hydrogen) atoms. The van der Waals surface area contributed by atoms with Gasteiger partial charge in [0, 0.05) is 0 Å². The normalized spacial score (nSPS) is 11.9. The first-order valence-corrected chi connectivity index (χ1v) is 4.17. The molecule has 4 nitrogen and oxygen atoms in total. The third kappa shape index (κ3) is 2.65. The summed E-state index contributed by atoms with van der Waals surface area (Å²) in [5, 5.41) is 8.59. The van der Waals surface area contributed by atoms with Gasteiger partial charge in [0.25, 0.3) is 0 Å². The number of methoxy groups -OCH3 is 1. The number of carboxylic acid groups (broad SMARTS) is 1. The van der Waals surface area contributed by atoms with E-state index in [4.69, 9.17) is 14.6 Å². The number of carbonyl (C=O) groups is 1. The van der Waals surface area contributed by atoms with Gasteiger partial charge in [-0.3, -0.25) is 0 Å². The molecule has 0 aliphatic rings. The first-order chi connectivity index (χ1) is 6.63. The van der Waals surface area contributed by atoms with Gasteiger partial charge in [-0.2, -0.15) is 0 Å². The van der Waals surface area contributed by atoms with Gasteiger partial charge in [-0.15, -0.1) is 0 Å². The second-order valence-corrected chi connectivity index (χ2v) is 2.77. The van der Waals surface area contributed by atoms with Gasteiger partial charge in [0.15, 0.2) is 6.10 Å². The van der Waals surface area contributed by atoms with E-state index in [-0.39, 0.29) is 0 Å². The summed E-state index contributed by atoms with van der Waals surface area (Å²) < 4.78 is 10.1. The summed E-state index contributed by atoms with van der Waals surface area (Å²) in [4.78, 5) is 10.5. The van der Waals surface area contributed by atoms with Crippen LogP contribution in [0.4, 0.5) is 0 Å². The fraction of sp³-hybridized carbons (Fsp3) is 0.300. The van der Waals surface area contributed by atoms with Crippen LogP contribution in [0.1, 0.15) is 6.92 Å². The molecule has 0 amide bonds. The highest BCUT2D eigenvalue weighted by Crippen LogP contribution is 2.17. The molecule has 76 valence electrons. The molecule has 0 bridgehead atoms. The van der Waals surface area contributed by atoms with Gasteiger partial charge >= 0.3 is 5.97 Å². The highest BCUT2D eigenvalue weighted by atomic mass is 16.5. The van der Waals surface area contributed by atoms with Crippen molar-refractivity contribution in [3.63, 3.8) is 0 Å². The van der Waals surface area contributed by atoms with Crippen LogP contribution in [-0.4, -0.2) is 24.3 Å². The van der Waals surface area contributed by atoms with Crippen LogP contribution in [0, 0.1) is 0 Å². The largest absolute Gasteiger partial charge is 0.497 e. The van der Waals surface area contributed by atoms with Crippen LogP contribution in [0.15, 0.2) is 24.3 Å². The molecular weight excluding hydrogens is 184 g/mol. The van der Waals surface area contributed by atoms with Gasteiger partial charge in [-0.05, 0) is 31.2 Å². The zero-order valence-corrected chi connectivity index (χ0v) is 8.06. The number of ether oxygens (including phenoxy) is 2. The summed E-state index contributed by atoms with van der Waals surface area (Å²) in [6.07, 6.45) is -0.844. The maximum atomic E-state index is 10.5. The van der Waals surface area contributed by atoms with E-state index >= 15 is 0 Å². The summed E-state index contributed by atoms with van der Waals surface area (Å²) in [6.45, 7) is 1.48. The minimum absolute atomic E-state index is 0.515. The van der Waals surface area contributed by atoms with E-state index in [9.17, 15) is 4.79 Å². The number of rotatable bonds is 4. The van der Waals surface area contributed by atoms with E-state index in [0.717, 1.165) is 0 Å². The second-order valence-electron chi connectivity index (χ2n) is 2.77. The monoisotopic (exact) mass is 196 g/mol. The molecule has 0 aliphatic heterocycles. The van der Waals surface area contributed by atoms with E-state index in [1.165, 1.54) is 6.92 Å². The van der Waals surface area contributed by atoms with Crippen LogP contribution < -0.4 is 9.47 Å². The minimum Gasteiger partial charge on any atom is -0.497 e. The molecule has 0 spiro atoms. The van der Waals surface area contributed by atoms with Crippen molar-refractivity contribution in [2.45, 2.75) is 13.0 Å². The quantitative estimate of drug-likeness (QED) is 0.793. The molecule has 0 aromatic heterocycles. The Labute approximate surface area is 82.1 Å². The molecule has 1 aromatic carbocycles. The molecule has 1 N–H and O–H groups in total. The first-order valence-electron chi connectivity index (χ1n) is 4.17.